The van der Waals surface area contributed by atoms with E-state index in [1.54, 1.807) is 6.07 Å². The molecule has 3 atom stereocenters. The summed E-state index contributed by atoms with van der Waals surface area (Å²) in [5.41, 5.74) is 2.69. The maximum atomic E-state index is 15.2. The summed E-state index contributed by atoms with van der Waals surface area (Å²) in [5, 5.41) is 1.08. The van der Waals surface area contributed by atoms with Crippen LogP contribution in [-0.4, -0.2) is 39.9 Å². The molecule has 0 aliphatic carbocycles. The highest BCUT2D eigenvalue weighted by atomic mass is 32.2. The van der Waals surface area contributed by atoms with Gasteiger partial charge in [-0.1, -0.05) is 30.8 Å². The van der Waals surface area contributed by atoms with Crippen LogP contribution in [0, 0.1) is 5.82 Å². The van der Waals surface area contributed by atoms with Gasteiger partial charge in [-0.15, -0.1) is 0 Å². The highest BCUT2D eigenvalue weighted by Crippen LogP contribution is 2.48. The molecule has 0 radical (unpaired) electrons. The number of nitrogens with zero attached hydrogens (tertiary/aromatic N) is 4. The molecule has 0 amide bonds. The molecule has 2 saturated heterocycles. The van der Waals surface area contributed by atoms with Gasteiger partial charge in [-0.05, 0) is 55.5 Å². The molecular formula is C23H27FN4S. The van der Waals surface area contributed by atoms with Crippen molar-refractivity contribution in [1.82, 2.24) is 9.88 Å². The zero-order chi connectivity index (χ0) is 19.8. The minimum Gasteiger partial charge on any atom is -0.369 e. The summed E-state index contributed by atoms with van der Waals surface area (Å²) in [4.78, 5) is 14.2. The van der Waals surface area contributed by atoms with Gasteiger partial charge in [-0.2, -0.15) is 0 Å². The molecule has 0 bridgehead atoms. The van der Waals surface area contributed by atoms with Gasteiger partial charge < -0.3 is 9.80 Å². The highest BCUT2D eigenvalue weighted by molar-refractivity contribution is 8.14. The number of anilines is 1. The molecule has 6 heteroatoms. The summed E-state index contributed by atoms with van der Waals surface area (Å²) in [7, 11) is 0. The van der Waals surface area contributed by atoms with E-state index in [0.717, 1.165) is 60.2 Å². The van der Waals surface area contributed by atoms with E-state index in [1.807, 2.05) is 42.2 Å². The SMILES string of the molecule is CC[C@@H]1CSC2=N[C@H](c3ccccn3)[C@H](c3ccc(N4CCCCC4)c(F)c3)N21. The number of aromatic nitrogens is 1. The second-order valence-electron chi connectivity index (χ2n) is 8.09. The molecule has 0 spiro atoms. The first-order chi connectivity index (χ1) is 14.3. The van der Waals surface area contributed by atoms with E-state index >= 15 is 4.39 Å². The maximum absolute atomic E-state index is 15.2. The van der Waals surface area contributed by atoms with E-state index in [1.165, 1.54) is 6.42 Å². The Hall–Kier alpha value is -2.08. The number of benzene rings is 1. The van der Waals surface area contributed by atoms with Gasteiger partial charge in [-0.3, -0.25) is 9.98 Å². The summed E-state index contributed by atoms with van der Waals surface area (Å²) in [6.45, 7) is 4.12. The normalized spacial score (nSPS) is 26.6. The Morgan fingerprint density at radius 2 is 2.00 bits per heavy atom. The highest BCUT2D eigenvalue weighted by Gasteiger charge is 2.45. The predicted molar refractivity (Wildman–Crippen MR) is 118 cm³/mol. The lowest BCUT2D eigenvalue weighted by Gasteiger charge is -2.33. The second kappa shape index (κ2) is 7.98. The first kappa shape index (κ1) is 18.9. The van der Waals surface area contributed by atoms with Crippen molar-refractivity contribution in [3.8, 4) is 0 Å². The molecule has 4 nitrogen and oxygen atoms in total. The number of piperidine rings is 1. The molecule has 152 valence electrons. The van der Waals surface area contributed by atoms with E-state index in [-0.39, 0.29) is 17.9 Å². The average Bonchev–Trinajstić information content (AvgIpc) is 3.34. The summed E-state index contributed by atoms with van der Waals surface area (Å²) < 4.78 is 15.2. The first-order valence-electron chi connectivity index (χ1n) is 10.7. The molecule has 29 heavy (non-hydrogen) atoms. The van der Waals surface area contributed by atoms with Crippen molar-refractivity contribution in [1.29, 1.82) is 0 Å². The van der Waals surface area contributed by atoms with Gasteiger partial charge >= 0.3 is 0 Å². The van der Waals surface area contributed by atoms with Crippen molar-refractivity contribution in [3.63, 3.8) is 0 Å². The number of rotatable bonds is 4. The minimum absolute atomic E-state index is 0.00440. The van der Waals surface area contributed by atoms with Gasteiger partial charge in [0.15, 0.2) is 5.17 Å². The largest absolute Gasteiger partial charge is 0.369 e. The number of thioether (sulfide) groups is 1. The fourth-order valence-electron chi connectivity index (χ4n) is 4.81. The molecule has 5 rings (SSSR count). The van der Waals surface area contributed by atoms with Crippen LogP contribution in [0.15, 0.2) is 47.6 Å². The lowest BCUT2D eigenvalue weighted by atomic mass is 9.94. The summed E-state index contributed by atoms with van der Waals surface area (Å²) in [6, 6.07) is 12.2. The standard InChI is InChI=1S/C23H27FN4S/c1-2-17-15-29-23-26-21(19-8-4-5-11-25-19)22(28(17)23)16-9-10-20(18(24)14-16)27-12-6-3-7-13-27/h4-5,8-11,14,17,21-22H,2-3,6-7,12-13,15H2,1H3/t17-,21-,22+/m1/s1. The molecule has 3 aliphatic heterocycles. The van der Waals surface area contributed by atoms with Crippen LogP contribution >= 0.6 is 11.8 Å². The molecule has 0 N–H and O–H groups in total. The topological polar surface area (TPSA) is 31.7 Å². The molecule has 4 heterocycles. The van der Waals surface area contributed by atoms with Gasteiger partial charge in [0.1, 0.15) is 11.9 Å². The number of hydrogen-bond acceptors (Lipinski definition) is 5. The number of pyridine rings is 1. The van der Waals surface area contributed by atoms with Crippen molar-refractivity contribution in [2.24, 2.45) is 4.99 Å². The zero-order valence-electron chi connectivity index (χ0n) is 16.8. The Kier molecular flexibility index (Phi) is 5.20. The van der Waals surface area contributed by atoms with E-state index in [2.05, 4.69) is 27.8 Å². The predicted octanol–water partition coefficient (Wildman–Crippen LogP) is 5.19. The van der Waals surface area contributed by atoms with Crippen molar-refractivity contribution in [2.45, 2.75) is 50.7 Å². The molecule has 3 aliphatic rings. The molecule has 0 saturated carbocycles. The molecule has 0 unspecified atom stereocenters. The number of fused-ring (bicyclic) bond motifs is 1. The summed E-state index contributed by atoms with van der Waals surface area (Å²) >= 11 is 1.82. The van der Waals surface area contributed by atoms with E-state index in [0.29, 0.717) is 6.04 Å². The molecule has 1 aromatic heterocycles. The van der Waals surface area contributed by atoms with Gasteiger partial charge in [0, 0.05) is 31.1 Å². The Morgan fingerprint density at radius 3 is 2.72 bits per heavy atom. The first-order valence-corrected chi connectivity index (χ1v) is 11.7. The fourth-order valence-corrected chi connectivity index (χ4v) is 6.15. The fraction of sp³-hybridized carbons (Fsp3) is 0.478. The Morgan fingerprint density at radius 1 is 1.14 bits per heavy atom. The molecule has 2 fully saturated rings. The van der Waals surface area contributed by atoms with Crippen molar-refractivity contribution < 1.29 is 4.39 Å². The Bertz CT molecular complexity index is 897. The summed E-state index contributed by atoms with van der Waals surface area (Å²) in [5.74, 6) is 0.937. The van der Waals surface area contributed by atoms with Crippen LogP contribution in [0.5, 0.6) is 0 Å². The van der Waals surface area contributed by atoms with Crippen LogP contribution in [0.1, 0.15) is 55.9 Å². The van der Waals surface area contributed by atoms with E-state index in [4.69, 9.17) is 4.99 Å². The maximum Gasteiger partial charge on any atom is 0.160 e. The number of hydrogen-bond donors (Lipinski definition) is 0. The third kappa shape index (κ3) is 3.41. The van der Waals surface area contributed by atoms with Crippen LogP contribution in [0.2, 0.25) is 0 Å². The van der Waals surface area contributed by atoms with E-state index in [9.17, 15) is 0 Å². The van der Waals surface area contributed by atoms with Crippen LogP contribution < -0.4 is 4.90 Å². The second-order valence-corrected chi connectivity index (χ2v) is 9.08. The zero-order valence-corrected chi connectivity index (χ0v) is 17.6. The lowest BCUT2D eigenvalue weighted by Crippen LogP contribution is -2.35. The van der Waals surface area contributed by atoms with Crippen LogP contribution in [0.25, 0.3) is 0 Å². The molecule has 1 aromatic carbocycles. The van der Waals surface area contributed by atoms with Crippen LogP contribution in [0.3, 0.4) is 0 Å². The van der Waals surface area contributed by atoms with Crippen molar-refractivity contribution >= 4 is 22.6 Å². The Balaban J connectivity index is 1.52. The lowest BCUT2D eigenvalue weighted by molar-refractivity contribution is 0.255. The summed E-state index contributed by atoms with van der Waals surface area (Å²) in [6.07, 6.45) is 6.42. The van der Waals surface area contributed by atoms with Crippen molar-refractivity contribution in [2.75, 3.05) is 23.7 Å². The monoisotopic (exact) mass is 410 g/mol. The van der Waals surface area contributed by atoms with Gasteiger partial charge in [0.05, 0.1) is 17.4 Å². The van der Waals surface area contributed by atoms with E-state index < -0.39 is 0 Å². The smallest absolute Gasteiger partial charge is 0.160 e. The van der Waals surface area contributed by atoms with Crippen molar-refractivity contribution in [3.05, 3.63) is 59.7 Å². The molecule has 2 aromatic rings. The average molecular weight is 411 g/mol. The third-order valence-electron chi connectivity index (χ3n) is 6.34. The molecular weight excluding hydrogens is 383 g/mol. The quantitative estimate of drug-likeness (QED) is 0.694. The van der Waals surface area contributed by atoms with Gasteiger partial charge in [0.2, 0.25) is 0 Å². The Labute approximate surface area is 176 Å². The number of amidine groups is 1. The van der Waals surface area contributed by atoms with Crippen LogP contribution in [0.4, 0.5) is 10.1 Å². The van der Waals surface area contributed by atoms with Gasteiger partial charge in [0.25, 0.3) is 0 Å². The number of halogens is 1. The minimum atomic E-state index is -0.113. The van der Waals surface area contributed by atoms with Gasteiger partial charge in [-0.25, -0.2) is 4.39 Å². The van der Waals surface area contributed by atoms with Crippen LogP contribution in [-0.2, 0) is 0 Å². The third-order valence-corrected chi connectivity index (χ3v) is 7.47. The number of aliphatic imine (C=N–C) groups is 1.